The first-order valence-electron chi connectivity index (χ1n) is 10.8. The van der Waals surface area contributed by atoms with E-state index in [1.807, 2.05) is 0 Å². The minimum Gasteiger partial charge on any atom is -0.399 e. The molecule has 0 unspecified atom stereocenters. The van der Waals surface area contributed by atoms with Crippen LogP contribution in [0.15, 0.2) is 76.8 Å². The molecule has 6 rings (SSSR count). The van der Waals surface area contributed by atoms with Crippen LogP contribution in [0, 0.1) is 0 Å². The Labute approximate surface area is 192 Å². The minimum atomic E-state index is -0.356. The number of fused-ring (bicyclic) bond motifs is 2. The number of rotatable bonds is 2. The van der Waals surface area contributed by atoms with E-state index in [0.29, 0.717) is 0 Å². The molecule has 2 aliphatic rings. The molecule has 0 atom stereocenters. The summed E-state index contributed by atoms with van der Waals surface area (Å²) < 4.78 is 12.4. The van der Waals surface area contributed by atoms with Gasteiger partial charge in [0.1, 0.15) is 6.33 Å². The second-order valence-corrected chi connectivity index (χ2v) is 10.4. The smallest absolute Gasteiger partial charge is 0.399 e. The second kappa shape index (κ2) is 6.91. The van der Waals surface area contributed by atoms with E-state index in [9.17, 15) is 0 Å². The topological polar surface area (TPSA) is 44.2 Å². The molecular weight excluding hydrogens is 415 g/mol. The summed E-state index contributed by atoms with van der Waals surface area (Å²) in [6, 6.07) is 21.2. The molecule has 0 radical (unpaired) electrons. The van der Waals surface area contributed by atoms with E-state index in [-0.39, 0.29) is 18.3 Å². The highest BCUT2D eigenvalue weighted by Crippen LogP contribution is 2.50. The third-order valence-electron chi connectivity index (χ3n) is 6.86. The summed E-state index contributed by atoms with van der Waals surface area (Å²) in [5.41, 5.74) is 5.84. The molecule has 3 aromatic carbocycles. The monoisotopic (exact) mass is 438 g/mol. The largest absolute Gasteiger partial charge is 0.494 e. The second-order valence-electron chi connectivity index (χ2n) is 9.37. The van der Waals surface area contributed by atoms with Gasteiger partial charge in [-0.2, -0.15) is 0 Å². The van der Waals surface area contributed by atoms with E-state index in [4.69, 9.17) is 9.31 Å². The first-order chi connectivity index (χ1) is 15.3. The maximum absolute atomic E-state index is 6.22. The molecule has 0 amide bonds. The molecule has 4 aromatic rings. The standard InChI is InChI=1S/C26H23BN2O2S/c1-25(2)26(3,4)31-27(30-25)17-11-9-16(10-12-17)18-13-14-20-22-23(29-15-28-20)19-7-5-6-8-21(19)32-24(18)22/h5-15H,1-4H3. The lowest BCUT2D eigenvalue weighted by atomic mass is 9.78. The number of nitrogens with zero attached hydrogens (tertiary/aromatic N) is 2. The maximum atomic E-state index is 6.22. The lowest BCUT2D eigenvalue weighted by molar-refractivity contribution is 0.00578. The Hall–Kier alpha value is -2.67. The van der Waals surface area contributed by atoms with E-state index in [1.54, 1.807) is 18.1 Å². The van der Waals surface area contributed by atoms with Crippen LogP contribution >= 0.6 is 11.8 Å². The molecule has 0 aliphatic carbocycles. The summed E-state index contributed by atoms with van der Waals surface area (Å²) >= 11 is 1.80. The number of hydrogen-bond donors (Lipinski definition) is 0. The highest BCUT2D eigenvalue weighted by Gasteiger charge is 2.51. The van der Waals surface area contributed by atoms with Gasteiger partial charge in [-0.05, 0) is 56.4 Å². The number of aromatic nitrogens is 2. The number of benzene rings is 3. The summed E-state index contributed by atoms with van der Waals surface area (Å²) in [5, 5.41) is 1.13. The molecule has 3 heterocycles. The van der Waals surface area contributed by atoms with Gasteiger partial charge in [0, 0.05) is 20.7 Å². The van der Waals surface area contributed by atoms with Gasteiger partial charge in [0.15, 0.2) is 0 Å². The van der Waals surface area contributed by atoms with Crippen LogP contribution in [0.1, 0.15) is 27.7 Å². The van der Waals surface area contributed by atoms with Gasteiger partial charge in [-0.25, -0.2) is 9.97 Å². The molecule has 6 heteroatoms. The van der Waals surface area contributed by atoms with Gasteiger partial charge in [-0.1, -0.05) is 60.3 Å². The zero-order chi connectivity index (χ0) is 22.1. The third-order valence-corrected chi connectivity index (χ3v) is 8.06. The number of hydrogen-bond acceptors (Lipinski definition) is 5. The van der Waals surface area contributed by atoms with Crippen molar-refractivity contribution in [3.63, 3.8) is 0 Å². The molecule has 0 bridgehead atoms. The van der Waals surface area contributed by atoms with Crippen LogP contribution in [0.2, 0.25) is 0 Å². The first kappa shape index (κ1) is 20.0. The fraction of sp³-hybridized carbons (Fsp3) is 0.231. The summed E-state index contributed by atoms with van der Waals surface area (Å²) in [6.45, 7) is 8.32. The molecule has 2 aliphatic heterocycles. The van der Waals surface area contributed by atoms with Crippen molar-refractivity contribution in [3.05, 3.63) is 67.0 Å². The molecule has 1 fully saturated rings. The molecule has 4 nitrogen and oxygen atoms in total. The Kier molecular flexibility index (Phi) is 4.32. The molecule has 1 aromatic heterocycles. The van der Waals surface area contributed by atoms with Crippen LogP contribution in [0.4, 0.5) is 0 Å². The van der Waals surface area contributed by atoms with Crippen molar-refractivity contribution >= 4 is 35.2 Å². The van der Waals surface area contributed by atoms with E-state index in [2.05, 4.69) is 98.3 Å². The SMILES string of the molecule is CC1(C)OB(c2ccc(-c3ccc4ncnc5c4c3Sc3ccccc3-5)cc2)OC1(C)C. The lowest BCUT2D eigenvalue weighted by Gasteiger charge is -2.32. The summed E-state index contributed by atoms with van der Waals surface area (Å²) in [4.78, 5) is 11.6. The molecule has 0 N–H and O–H groups in total. The van der Waals surface area contributed by atoms with Gasteiger partial charge in [0.25, 0.3) is 0 Å². The molecule has 0 saturated carbocycles. The van der Waals surface area contributed by atoms with Gasteiger partial charge in [-0.3, -0.25) is 0 Å². The van der Waals surface area contributed by atoms with Crippen molar-refractivity contribution in [2.45, 2.75) is 48.7 Å². The minimum absolute atomic E-state index is 0.348. The van der Waals surface area contributed by atoms with Crippen LogP contribution < -0.4 is 5.46 Å². The highest BCUT2D eigenvalue weighted by molar-refractivity contribution is 8.00. The molecule has 32 heavy (non-hydrogen) atoms. The van der Waals surface area contributed by atoms with E-state index in [0.717, 1.165) is 27.6 Å². The predicted molar refractivity (Wildman–Crippen MR) is 130 cm³/mol. The van der Waals surface area contributed by atoms with E-state index >= 15 is 0 Å². The van der Waals surface area contributed by atoms with Gasteiger partial charge in [0.2, 0.25) is 0 Å². The predicted octanol–water partition coefficient (Wildman–Crippen LogP) is 5.73. The van der Waals surface area contributed by atoms with Gasteiger partial charge < -0.3 is 9.31 Å². The lowest BCUT2D eigenvalue weighted by Crippen LogP contribution is -2.41. The quantitative estimate of drug-likeness (QED) is 0.330. The normalized spacial score (nSPS) is 18.1. The zero-order valence-corrected chi connectivity index (χ0v) is 19.4. The highest BCUT2D eigenvalue weighted by atomic mass is 32.2. The van der Waals surface area contributed by atoms with Crippen molar-refractivity contribution in [1.29, 1.82) is 0 Å². The fourth-order valence-corrected chi connectivity index (χ4v) is 5.56. The Morgan fingerprint density at radius 2 is 1.50 bits per heavy atom. The Morgan fingerprint density at radius 1 is 0.781 bits per heavy atom. The van der Waals surface area contributed by atoms with Crippen LogP contribution in [0.5, 0.6) is 0 Å². The van der Waals surface area contributed by atoms with Gasteiger partial charge in [0.05, 0.1) is 22.4 Å². The van der Waals surface area contributed by atoms with E-state index < -0.39 is 0 Å². The van der Waals surface area contributed by atoms with Crippen molar-refractivity contribution < 1.29 is 9.31 Å². The summed E-state index contributed by atoms with van der Waals surface area (Å²) in [5.74, 6) is 0. The van der Waals surface area contributed by atoms with E-state index in [1.165, 1.54) is 20.9 Å². The molecule has 1 saturated heterocycles. The maximum Gasteiger partial charge on any atom is 0.494 e. The Bertz CT molecular complexity index is 1350. The molecule has 158 valence electrons. The third kappa shape index (κ3) is 2.94. The molecule has 0 spiro atoms. The van der Waals surface area contributed by atoms with Crippen LogP contribution in [-0.2, 0) is 9.31 Å². The Morgan fingerprint density at radius 3 is 2.25 bits per heavy atom. The first-order valence-corrected chi connectivity index (χ1v) is 11.7. The van der Waals surface area contributed by atoms with Gasteiger partial charge in [-0.15, -0.1) is 0 Å². The zero-order valence-electron chi connectivity index (χ0n) is 18.5. The Balaban J connectivity index is 1.43. The van der Waals surface area contributed by atoms with Crippen LogP contribution in [-0.4, -0.2) is 28.3 Å². The summed E-state index contributed by atoms with van der Waals surface area (Å²) in [6.07, 6.45) is 1.66. The average molecular weight is 438 g/mol. The average Bonchev–Trinajstić information content (AvgIpc) is 3.01. The van der Waals surface area contributed by atoms with Crippen molar-refractivity contribution in [1.82, 2.24) is 9.97 Å². The van der Waals surface area contributed by atoms with Crippen molar-refractivity contribution in [2.24, 2.45) is 0 Å². The van der Waals surface area contributed by atoms with Crippen LogP contribution in [0.25, 0.3) is 33.3 Å². The summed E-state index contributed by atoms with van der Waals surface area (Å²) in [7, 11) is -0.356. The molecular formula is C26H23BN2O2S. The fourth-order valence-electron chi connectivity index (χ4n) is 4.32. The van der Waals surface area contributed by atoms with Crippen molar-refractivity contribution in [3.8, 4) is 22.4 Å². The van der Waals surface area contributed by atoms with Crippen LogP contribution in [0.3, 0.4) is 0 Å². The van der Waals surface area contributed by atoms with Crippen molar-refractivity contribution in [2.75, 3.05) is 0 Å². The van der Waals surface area contributed by atoms with Gasteiger partial charge >= 0.3 is 7.12 Å².